The predicted molar refractivity (Wildman–Crippen MR) is 47.5 cm³/mol. The molecule has 2 bridgehead atoms. The number of rotatable bonds is 0. The molecule has 0 radical (unpaired) electrons. The van der Waals surface area contributed by atoms with Crippen LogP contribution in [0.15, 0.2) is 0 Å². The Labute approximate surface area is 69.6 Å². The van der Waals surface area contributed by atoms with Crippen LogP contribution in [0, 0.1) is 16.7 Å². The van der Waals surface area contributed by atoms with Crippen LogP contribution in [0.5, 0.6) is 0 Å². The van der Waals surface area contributed by atoms with E-state index in [1.54, 1.807) is 0 Å². The summed E-state index contributed by atoms with van der Waals surface area (Å²) < 4.78 is 0. The Morgan fingerprint density at radius 2 is 2.00 bits per heavy atom. The van der Waals surface area contributed by atoms with Crippen molar-refractivity contribution < 1.29 is 0 Å². The molecule has 0 amide bonds. The molecule has 0 aromatic rings. The summed E-state index contributed by atoms with van der Waals surface area (Å²) in [5.74, 6) is 0.932. The van der Waals surface area contributed by atoms with Gasteiger partial charge in [-0.2, -0.15) is 0 Å². The molecular weight excluding hydrogens is 134 g/mol. The van der Waals surface area contributed by atoms with Gasteiger partial charge in [-0.05, 0) is 36.1 Å². The van der Waals surface area contributed by atoms with Gasteiger partial charge < -0.3 is 5.32 Å². The molecule has 64 valence electrons. The van der Waals surface area contributed by atoms with Gasteiger partial charge in [0.15, 0.2) is 0 Å². The van der Waals surface area contributed by atoms with E-state index in [0.717, 1.165) is 5.92 Å². The Morgan fingerprint density at radius 3 is 2.55 bits per heavy atom. The van der Waals surface area contributed by atoms with Gasteiger partial charge in [-0.15, -0.1) is 0 Å². The van der Waals surface area contributed by atoms with Crippen molar-refractivity contribution in [1.82, 2.24) is 5.32 Å². The van der Waals surface area contributed by atoms with Gasteiger partial charge >= 0.3 is 0 Å². The standard InChI is InChI=1S/C10H19N/c1-9(2)8-4-5-10(9,3)7-11-6-8/h8,11H,4-7H2,1-3H3/t8-,10+/m1/s1. The van der Waals surface area contributed by atoms with Gasteiger partial charge in [-0.3, -0.25) is 0 Å². The molecule has 2 fully saturated rings. The Bertz CT molecular complexity index is 167. The van der Waals surface area contributed by atoms with Crippen LogP contribution in [0.4, 0.5) is 0 Å². The number of hydrogen-bond acceptors (Lipinski definition) is 1. The van der Waals surface area contributed by atoms with Crippen molar-refractivity contribution in [3.8, 4) is 0 Å². The molecule has 1 N–H and O–H groups in total. The predicted octanol–water partition coefficient (Wildman–Crippen LogP) is 2.03. The maximum absolute atomic E-state index is 3.54. The molecule has 0 aromatic carbocycles. The second-order valence-electron chi connectivity index (χ2n) is 5.15. The minimum atomic E-state index is 0.579. The summed E-state index contributed by atoms with van der Waals surface area (Å²) in [6.07, 6.45) is 2.87. The Balaban J connectivity index is 2.33. The highest BCUT2D eigenvalue weighted by atomic mass is 14.9. The lowest BCUT2D eigenvalue weighted by molar-refractivity contribution is 0.0546. The van der Waals surface area contributed by atoms with Crippen LogP contribution >= 0.6 is 0 Å². The molecular formula is C10H19N. The van der Waals surface area contributed by atoms with Crippen LogP contribution in [0.25, 0.3) is 0 Å². The summed E-state index contributed by atoms with van der Waals surface area (Å²) >= 11 is 0. The van der Waals surface area contributed by atoms with Gasteiger partial charge in [0.25, 0.3) is 0 Å². The lowest BCUT2D eigenvalue weighted by Gasteiger charge is -2.46. The first-order chi connectivity index (χ1) is 5.06. The fraction of sp³-hybridized carbons (Fsp3) is 1.00. The molecule has 1 heterocycles. The minimum absolute atomic E-state index is 0.579. The molecule has 11 heavy (non-hydrogen) atoms. The van der Waals surface area contributed by atoms with E-state index in [1.165, 1.54) is 25.9 Å². The topological polar surface area (TPSA) is 12.0 Å². The zero-order valence-corrected chi connectivity index (χ0v) is 7.91. The largest absolute Gasteiger partial charge is 0.316 e. The molecule has 1 aliphatic carbocycles. The Kier molecular flexibility index (Phi) is 1.39. The lowest BCUT2D eigenvalue weighted by atomic mass is 9.64. The summed E-state index contributed by atoms with van der Waals surface area (Å²) in [4.78, 5) is 0. The summed E-state index contributed by atoms with van der Waals surface area (Å²) in [5.41, 5.74) is 1.16. The fourth-order valence-electron chi connectivity index (χ4n) is 2.86. The Morgan fingerprint density at radius 1 is 1.27 bits per heavy atom. The summed E-state index contributed by atoms with van der Waals surface area (Å²) in [7, 11) is 0. The maximum Gasteiger partial charge on any atom is 0.00105 e. The molecule has 1 nitrogen and oxygen atoms in total. The van der Waals surface area contributed by atoms with E-state index in [-0.39, 0.29) is 0 Å². The van der Waals surface area contributed by atoms with E-state index < -0.39 is 0 Å². The number of hydrogen-bond donors (Lipinski definition) is 1. The van der Waals surface area contributed by atoms with E-state index >= 15 is 0 Å². The monoisotopic (exact) mass is 153 g/mol. The van der Waals surface area contributed by atoms with Crippen molar-refractivity contribution in [3.05, 3.63) is 0 Å². The highest BCUT2D eigenvalue weighted by Crippen LogP contribution is 2.57. The zero-order chi connectivity index (χ0) is 8.11. The first-order valence-electron chi connectivity index (χ1n) is 4.77. The zero-order valence-electron chi connectivity index (χ0n) is 7.91. The SMILES string of the molecule is CC1(C)[C@@H]2CC[C@@]1(C)CNC2. The molecule has 2 aliphatic rings. The third-order valence-corrected chi connectivity index (χ3v) is 4.53. The average molecular weight is 153 g/mol. The molecule has 2 rings (SSSR count). The van der Waals surface area contributed by atoms with Gasteiger partial charge in [0.05, 0.1) is 0 Å². The molecule has 1 heteroatoms. The number of nitrogens with one attached hydrogen (secondary N) is 1. The third kappa shape index (κ3) is 0.807. The smallest absolute Gasteiger partial charge is 0.00105 e. The second-order valence-corrected chi connectivity index (χ2v) is 5.15. The van der Waals surface area contributed by atoms with Gasteiger partial charge in [-0.25, -0.2) is 0 Å². The van der Waals surface area contributed by atoms with Crippen molar-refractivity contribution in [2.75, 3.05) is 13.1 Å². The van der Waals surface area contributed by atoms with Crippen LogP contribution in [0.3, 0.4) is 0 Å². The van der Waals surface area contributed by atoms with E-state index in [0.29, 0.717) is 10.8 Å². The van der Waals surface area contributed by atoms with E-state index in [1.807, 2.05) is 0 Å². The minimum Gasteiger partial charge on any atom is -0.316 e. The number of piperidine rings is 1. The molecule has 0 aromatic heterocycles. The second kappa shape index (κ2) is 2.01. The number of fused-ring (bicyclic) bond motifs is 2. The van der Waals surface area contributed by atoms with E-state index in [4.69, 9.17) is 0 Å². The van der Waals surface area contributed by atoms with Crippen molar-refractivity contribution in [2.45, 2.75) is 33.6 Å². The van der Waals surface area contributed by atoms with Crippen LogP contribution in [-0.4, -0.2) is 13.1 Å². The molecule has 1 aliphatic heterocycles. The lowest BCUT2D eigenvalue weighted by Crippen LogP contribution is -2.49. The summed E-state index contributed by atoms with van der Waals surface area (Å²) in [6.45, 7) is 9.83. The maximum atomic E-state index is 3.54. The average Bonchev–Trinajstić information content (AvgIpc) is 2.17. The molecule has 1 saturated carbocycles. The van der Waals surface area contributed by atoms with Gasteiger partial charge in [0, 0.05) is 6.54 Å². The van der Waals surface area contributed by atoms with Crippen LogP contribution in [-0.2, 0) is 0 Å². The highest BCUT2D eigenvalue weighted by molar-refractivity contribution is 5.04. The van der Waals surface area contributed by atoms with E-state index in [9.17, 15) is 0 Å². The van der Waals surface area contributed by atoms with Crippen molar-refractivity contribution in [2.24, 2.45) is 16.7 Å². The summed E-state index contributed by atoms with van der Waals surface area (Å²) in [6, 6.07) is 0. The molecule has 2 atom stereocenters. The quantitative estimate of drug-likeness (QED) is 0.561. The Hall–Kier alpha value is -0.0400. The van der Waals surface area contributed by atoms with E-state index in [2.05, 4.69) is 26.1 Å². The van der Waals surface area contributed by atoms with Crippen LogP contribution in [0.1, 0.15) is 33.6 Å². The molecule has 0 unspecified atom stereocenters. The van der Waals surface area contributed by atoms with Crippen molar-refractivity contribution >= 4 is 0 Å². The summed E-state index contributed by atoms with van der Waals surface area (Å²) in [5, 5.41) is 3.54. The van der Waals surface area contributed by atoms with Gasteiger partial charge in [0.2, 0.25) is 0 Å². The van der Waals surface area contributed by atoms with Crippen LogP contribution in [0.2, 0.25) is 0 Å². The molecule has 1 saturated heterocycles. The fourth-order valence-corrected chi connectivity index (χ4v) is 2.86. The van der Waals surface area contributed by atoms with Crippen LogP contribution < -0.4 is 5.32 Å². The van der Waals surface area contributed by atoms with Gasteiger partial charge in [0.1, 0.15) is 0 Å². The van der Waals surface area contributed by atoms with Crippen molar-refractivity contribution in [1.29, 1.82) is 0 Å². The van der Waals surface area contributed by atoms with Gasteiger partial charge in [-0.1, -0.05) is 20.8 Å². The highest BCUT2D eigenvalue weighted by Gasteiger charge is 2.53. The third-order valence-electron chi connectivity index (χ3n) is 4.53. The normalized spacial score (nSPS) is 47.7. The first kappa shape index (κ1) is 7.60. The van der Waals surface area contributed by atoms with Crippen molar-refractivity contribution in [3.63, 3.8) is 0 Å². The first-order valence-corrected chi connectivity index (χ1v) is 4.77. The molecule has 0 spiro atoms.